The van der Waals surface area contributed by atoms with Crippen molar-refractivity contribution in [1.29, 1.82) is 0 Å². The van der Waals surface area contributed by atoms with Crippen LogP contribution in [0.3, 0.4) is 0 Å². The molecule has 1 saturated heterocycles. The number of fused-ring (bicyclic) bond motifs is 1. The molecular weight excluding hydrogens is 937 g/mol. The van der Waals surface area contributed by atoms with Gasteiger partial charge in [-0.25, -0.2) is 9.97 Å². The molecule has 0 spiro atoms. The van der Waals surface area contributed by atoms with Crippen molar-refractivity contribution in [2.24, 2.45) is 5.41 Å². The van der Waals surface area contributed by atoms with E-state index in [0.717, 1.165) is 53.9 Å². The van der Waals surface area contributed by atoms with Crippen molar-refractivity contribution in [1.82, 2.24) is 25.5 Å². The van der Waals surface area contributed by atoms with Gasteiger partial charge in [-0.1, -0.05) is 45.0 Å². The third kappa shape index (κ3) is 16.5. The van der Waals surface area contributed by atoms with E-state index in [9.17, 15) is 19.5 Å². The highest BCUT2D eigenvalue weighted by Gasteiger charge is 2.44. The van der Waals surface area contributed by atoms with Gasteiger partial charge in [0, 0.05) is 31.3 Å². The number of aliphatic hydroxyl groups excluding tert-OH is 1. The van der Waals surface area contributed by atoms with Gasteiger partial charge in [-0.3, -0.25) is 14.4 Å². The van der Waals surface area contributed by atoms with Crippen molar-refractivity contribution in [2.45, 2.75) is 65.3 Å². The van der Waals surface area contributed by atoms with Crippen LogP contribution in [-0.4, -0.2) is 155 Å². The zero-order valence-electron chi connectivity index (χ0n) is 41.0. The van der Waals surface area contributed by atoms with Gasteiger partial charge in [-0.05, 0) is 72.9 Å². The van der Waals surface area contributed by atoms with E-state index in [0.29, 0.717) is 66.1 Å². The monoisotopic (exact) mass is 1000 g/mol. The van der Waals surface area contributed by atoms with Gasteiger partial charge in [0.2, 0.25) is 17.7 Å². The number of hydrogen-bond donors (Lipinski definition) is 4. The molecule has 70 heavy (non-hydrogen) atoms. The Morgan fingerprint density at radius 1 is 0.786 bits per heavy atom. The molecule has 4 N–H and O–H groups in total. The predicted octanol–water partition coefficient (Wildman–Crippen LogP) is 6.29. The Morgan fingerprint density at radius 3 is 1.94 bits per heavy atom. The number of nitrogens with zero attached hydrogens (tertiary/aromatic N) is 3. The summed E-state index contributed by atoms with van der Waals surface area (Å²) in [6.45, 7) is 13.6. The predicted molar refractivity (Wildman–Crippen MR) is 271 cm³/mol. The van der Waals surface area contributed by atoms with E-state index in [4.69, 9.17) is 38.1 Å². The lowest BCUT2D eigenvalue weighted by molar-refractivity contribution is -0.144. The van der Waals surface area contributed by atoms with Crippen LogP contribution < -0.4 is 20.7 Å². The average Bonchev–Trinajstić information content (AvgIpc) is 4.10. The summed E-state index contributed by atoms with van der Waals surface area (Å²) < 4.78 is 40.4. The zero-order chi connectivity index (χ0) is 49.9. The maximum absolute atomic E-state index is 14.0. The molecule has 1 aliphatic heterocycles. The number of rotatable bonds is 29. The van der Waals surface area contributed by atoms with E-state index in [1.807, 2.05) is 102 Å². The molecule has 1 fully saturated rings. The number of benzene rings is 3. The molecule has 2 aromatic heterocycles. The molecule has 17 nitrogen and oxygen atoms in total. The smallest absolute Gasteiger partial charge is 0.246 e. The number of aliphatic hydroxyl groups is 1. The summed E-state index contributed by atoms with van der Waals surface area (Å²) in [7, 11) is 1.90. The van der Waals surface area contributed by atoms with Crippen LogP contribution >= 0.6 is 22.7 Å². The fourth-order valence-corrected chi connectivity index (χ4v) is 9.41. The molecule has 3 aromatic carbocycles. The molecule has 0 bridgehead atoms. The van der Waals surface area contributed by atoms with E-state index in [1.54, 1.807) is 22.7 Å². The average molecular weight is 1010 g/mol. The highest BCUT2D eigenvalue weighted by atomic mass is 32.1. The van der Waals surface area contributed by atoms with Crippen molar-refractivity contribution in [3.05, 3.63) is 83.5 Å². The quantitative estimate of drug-likeness (QED) is 0.0390. The number of aryl methyl sites for hydroxylation is 1. The number of ether oxygens (including phenoxy) is 7. The number of aromatic nitrogens is 2. The van der Waals surface area contributed by atoms with E-state index >= 15 is 0 Å². The molecule has 6 rings (SSSR count). The normalized spacial score (nSPS) is 15.8. The number of carbonyl (C=O) groups is 3. The first kappa shape index (κ1) is 54.2. The number of hydrogen-bond acceptors (Lipinski definition) is 16. The molecule has 3 amide bonds. The van der Waals surface area contributed by atoms with Gasteiger partial charge in [-0.2, -0.15) is 0 Å². The van der Waals surface area contributed by atoms with Crippen molar-refractivity contribution < 1.29 is 52.6 Å². The van der Waals surface area contributed by atoms with Crippen molar-refractivity contribution in [2.75, 3.05) is 105 Å². The molecule has 5 aromatic rings. The van der Waals surface area contributed by atoms with Crippen molar-refractivity contribution in [3.63, 3.8) is 0 Å². The summed E-state index contributed by atoms with van der Waals surface area (Å²) >= 11 is 3.21. The van der Waals surface area contributed by atoms with Crippen LogP contribution in [-0.2, 0) is 42.8 Å². The van der Waals surface area contributed by atoms with Gasteiger partial charge in [0.05, 0.1) is 111 Å². The maximum atomic E-state index is 14.0. The number of likely N-dealkylation sites (tertiary alicyclic amines) is 1. The molecule has 19 heteroatoms. The number of anilines is 1. The maximum Gasteiger partial charge on any atom is 0.246 e. The number of thiazole rings is 2. The summed E-state index contributed by atoms with van der Waals surface area (Å²) in [6.07, 6.45) is -0.783. The van der Waals surface area contributed by atoms with Crippen LogP contribution in [0.1, 0.15) is 51.4 Å². The van der Waals surface area contributed by atoms with E-state index in [1.165, 1.54) is 4.90 Å². The van der Waals surface area contributed by atoms with E-state index in [-0.39, 0.29) is 44.7 Å². The number of amides is 3. The summed E-state index contributed by atoms with van der Waals surface area (Å²) in [6, 6.07) is 19.8. The molecule has 380 valence electrons. The first-order valence-electron chi connectivity index (χ1n) is 23.7. The van der Waals surface area contributed by atoms with Crippen LogP contribution in [0, 0.1) is 12.3 Å². The summed E-state index contributed by atoms with van der Waals surface area (Å²) in [4.78, 5) is 52.1. The van der Waals surface area contributed by atoms with Gasteiger partial charge < -0.3 is 59.1 Å². The molecule has 0 aliphatic carbocycles. The van der Waals surface area contributed by atoms with Crippen molar-refractivity contribution in [3.8, 4) is 26.8 Å². The molecule has 4 unspecified atom stereocenters. The standard InChI is InChI=1S/C51H68N6O11S2/c1-34(36-7-9-37(10-8-36)46-35(2)53-33-69-46)54-48(60)43-29-40(58)31-57(43)50(61)47(51(3,4)5)56-45(59)32-67-26-25-65-22-21-63-18-17-62-19-20-64-23-24-66-27-28-68-41-15-16-42-44(30-41)70-49(55-42)38-11-13-39(52-6)14-12-38/h7-16,30,33-34,40,43,47,52,58H,17-29,31-32H2,1-6H3,(H,54,60)(H,56,59). The van der Waals surface area contributed by atoms with Crippen LogP contribution in [0.25, 0.3) is 31.2 Å². The highest BCUT2D eigenvalue weighted by Crippen LogP contribution is 2.33. The Balaban J connectivity index is 0.749. The Bertz CT molecular complexity index is 2390. The summed E-state index contributed by atoms with van der Waals surface area (Å²) in [5.41, 5.74) is 7.11. The molecule has 3 heterocycles. The van der Waals surface area contributed by atoms with Crippen LogP contribution in [0.15, 0.2) is 72.2 Å². The molecule has 1 aliphatic rings. The first-order valence-corrected chi connectivity index (χ1v) is 25.4. The minimum Gasteiger partial charge on any atom is -0.491 e. The molecule has 4 atom stereocenters. The fourth-order valence-electron chi connectivity index (χ4n) is 7.60. The van der Waals surface area contributed by atoms with Gasteiger partial charge in [-0.15, -0.1) is 22.7 Å². The topological polar surface area (TPSA) is 201 Å². The lowest BCUT2D eigenvalue weighted by Gasteiger charge is -2.35. The minimum absolute atomic E-state index is 0.0183. The lowest BCUT2D eigenvalue weighted by Crippen LogP contribution is -2.58. The van der Waals surface area contributed by atoms with Gasteiger partial charge in [0.1, 0.15) is 36.1 Å². The lowest BCUT2D eigenvalue weighted by atomic mass is 9.85. The largest absolute Gasteiger partial charge is 0.491 e. The Morgan fingerprint density at radius 2 is 1.37 bits per heavy atom. The van der Waals surface area contributed by atoms with Crippen LogP contribution in [0.4, 0.5) is 5.69 Å². The Kier molecular flexibility index (Phi) is 21.3. The number of β-amino-alcohol motifs (C(OH)–C–C–N with tert-alkyl or cyclic N) is 1. The Labute approximate surface area is 418 Å². The third-order valence-electron chi connectivity index (χ3n) is 11.4. The number of nitrogens with one attached hydrogen (secondary N) is 3. The van der Waals surface area contributed by atoms with Crippen LogP contribution in [0.5, 0.6) is 5.75 Å². The zero-order valence-corrected chi connectivity index (χ0v) is 42.7. The first-order chi connectivity index (χ1) is 33.8. The second-order valence-electron chi connectivity index (χ2n) is 17.8. The second kappa shape index (κ2) is 27.5. The summed E-state index contributed by atoms with van der Waals surface area (Å²) in [5.74, 6) is -0.515. The van der Waals surface area contributed by atoms with Crippen molar-refractivity contribution >= 4 is 56.3 Å². The number of carbonyl (C=O) groups excluding carboxylic acids is 3. The van der Waals surface area contributed by atoms with E-state index < -0.39 is 35.4 Å². The highest BCUT2D eigenvalue weighted by molar-refractivity contribution is 7.21. The molecule has 0 radical (unpaired) electrons. The van der Waals surface area contributed by atoms with Crippen LogP contribution in [0.2, 0.25) is 0 Å². The van der Waals surface area contributed by atoms with Gasteiger partial charge in [0.15, 0.2) is 0 Å². The Hall–Kier alpha value is -5.09. The SMILES string of the molecule is CNc1ccc(-c2nc3ccc(OCCOCCOCCOCCOCCOCCOCC(=O)NC(C(=O)N4CC(O)CC4C(=O)NC(C)c4ccc(-c5scnc5C)cc4)C(C)(C)C)cc3s2)cc1. The summed E-state index contributed by atoms with van der Waals surface area (Å²) in [5, 5.41) is 20.5. The third-order valence-corrected chi connectivity index (χ3v) is 13.5. The van der Waals surface area contributed by atoms with Gasteiger partial charge >= 0.3 is 0 Å². The van der Waals surface area contributed by atoms with Gasteiger partial charge in [0.25, 0.3) is 0 Å². The van der Waals surface area contributed by atoms with E-state index in [2.05, 4.69) is 33.1 Å². The second-order valence-corrected chi connectivity index (χ2v) is 19.7. The fraction of sp³-hybridized carbons (Fsp3) is 0.510. The molecule has 0 saturated carbocycles. The minimum atomic E-state index is -0.966. The molecular formula is C51H68N6O11S2.